The molecule has 0 aromatic heterocycles. The Kier molecular flexibility index (Phi) is 8.61. The van der Waals surface area contributed by atoms with Crippen LogP contribution in [0.4, 0.5) is 0 Å². The Balaban J connectivity index is 0.000000509. The van der Waals surface area contributed by atoms with Gasteiger partial charge in [-0.1, -0.05) is 65.0 Å². The van der Waals surface area contributed by atoms with Crippen LogP contribution in [-0.2, 0) is 6.42 Å². The highest BCUT2D eigenvalue weighted by atomic mass is 14.0. The van der Waals surface area contributed by atoms with E-state index in [-0.39, 0.29) is 0 Å². The van der Waals surface area contributed by atoms with Crippen molar-refractivity contribution in [1.82, 2.24) is 0 Å². The maximum Gasteiger partial charge on any atom is -0.0224 e. The van der Waals surface area contributed by atoms with Gasteiger partial charge in [0.15, 0.2) is 0 Å². The molecule has 0 bridgehead atoms. The summed E-state index contributed by atoms with van der Waals surface area (Å²) >= 11 is 0. The van der Waals surface area contributed by atoms with Crippen molar-refractivity contribution in [1.29, 1.82) is 0 Å². The molecule has 1 aliphatic carbocycles. The summed E-state index contributed by atoms with van der Waals surface area (Å²) in [4.78, 5) is 0. The molecule has 16 heavy (non-hydrogen) atoms. The molecule has 0 amide bonds. The molecule has 0 heteroatoms. The quantitative estimate of drug-likeness (QED) is 0.675. The van der Waals surface area contributed by atoms with E-state index in [4.69, 9.17) is 0 Å². The fourth-order valence-electron chi connectivity index (χ4n) is 1.68. The Morgan fingerprint density at radius 2 is 1.44 bits per heavy atom. The molecule has 0 atom stereocenters. The molecule has 0 saturated carbocycles. The minimum atomic E-state index is 1.14. The smallest absolute Gasteiger partial charge is 0.0224 e. The van der Waals surface area contributed by atoms with E-state index < -0.39 is 0 Å². The van der Waals surface area contributed by atoms with E-state index in [1.165, 1.54) is 28.8 Å². The van der Waals surface area contributed by atoms with Gasteiger partial charge >= 0.3 is 0 Å². The highest BCUT2D eigenvalue weighted by Crippen LogP contribution is 1.97. The van der Waals surface area contributed by atoms with E-state index in [1.807, 2.05) is 27.7 Å². The van der Waals surface area contributed by atoms with Crippen LogP contribution in [0, 0.1) is 0 Å². The summed E-state index contributed by atoms with van der Waals surface area (Å²) in [5.41, 5.74) is 1.44. The summed E-state index contributed by atoms with van der Waals surface area (Å²) in [7, 11) is 0. The second-order valence-corrected chi connectivity index (χ2v) is 3.30. The van der Waals surface area contributed by atoms with Crippen molar-refractivity contribution in [3.05, 3.63) is 34.2 Å². The van der Waals surface area contributed by atoms with Gasteiger partial charge in [-0.3, -0.25) is 0 Å². The average molecular weight is 218 g/mol. The number of rotatable bonds is 1. The largest absolute Gasteiger partial charge is 0.0764 e. The van der Waals surface area contributed by atoms with Crippen LogP contribution in [0.25, 0.3) is 12.2 Å². The Bertz CT molecular complexity index is 385. The summed E-state index contributed by atoms with van der Waals surface area (Å²) in [5.74, 6) is 0. The highest BCUT2D eigenvalue weighted by molar-refractivity contribution is 5.39. The Morgan fingerprint density at radius 1 is 0.875 bits per heavy atom. The standard InChI is InChI=1S/C12H14.2C2H6/c1-2-10-7-8-11-5-3-4-6-12(11)9-10;2*1-2/h5-9H,2-4H2,1H3;2*1-2H3. The Labute approximate surface area is 101 Å². The molecule has 1 aromatic carbocycles. The second-order valence-electron chi connectivity index (χ2n) is 3.30. The molecule has 0 spiro atoms. The molecule has 0 radical (unpaired) electrons. The van der Waals surface area contributed by atoms with Gasteiger partial charge in [0.1, 0.15) is 0 Å². The summed E-state index contributed by atoms with van der Waals surface area (Å²) in [6.45, 7) is 10.2. The third-order valence-corrected chi connectivity index (χ3v) is 2.45. The zero-order chi connectivity index (χ0) is 12.4. The fourth-order valence-corrected chi connectivity index (χ4v) is 1.68. The zero-order valence-corrected chi connectivity index (χ0v) is 11.5. The summed E-state index contributed by atoms with van der Waals surface area (Å²) in [6, 6.07) is 6.78. The van der Waals surface area contributed by atoms with Crippen molar-refractivity contribution < 1.29 is 0 Å². The maximum atomic E-state index is 2.34. The monoisotopic (exact) mass is 218 g/mol. The van der Waals surface area contributed by atoms with Gasteiger partial charge in [-0.05, 0) is 35.3 Å². The first-order valence-corrected chi connectivity index (χ1v) is 6.69. The number of hydrogen-bond acceptors (Lipinski definition) is 0. The van der Waals surface area contributed by atoms with Gasteiger partial charge < -0.3 is 0 Å². The van der Waals surface area contributed by atoms with Crippen LogP contribution < -0.4 is 10.4 Å². The van der Waals surface area contributed by atoms with Gasteiger partial charge in [0.25, 0.3) is 0 Å². The van der Waals surface area contributed by atoms with Gasteiger partial charge in [-0.25, -0.2) is 0 Å². The van der Waals surface area contributed by atoms with Gasteiger partial charge in [0.2, 0.25) is 0 Å². The maximum absolute atomic E-state index is 2.34. The van der Waals surface area contributed by atoms with Gasteiger partial charge in [0, 0.05) is 0 Å². The molecule has 0 saturated heterocycles. The first kappa shape index (κ1) is 15.0. The third-order valence-electron chi connectivity index (χ3n) is 2.45. The van der Waals surface area contributed by atoms with Crippen molar-refractivity contribution in [2.45, 2.75) is 53.9 Å². The lowest BCUT2D eigenvalue weighted by atomic mass is 10.0. The molecular formula is C16H26. The Hall–Kier alpha value is -1.04. The predicted octanol–water partition coefficient (Wildman–Crippen LogP) is 3.66. The summed E-state index contributed by atoms with van der Waals surface area (Å²) < 4.78 is 0. The molecule has 0 unspecified atom stereocenters. The Morgan fingerprint density at radius 3 is 2.00 bits per heavy atom. The normalized spacial score (nSPS) is 11.6. The van der Waals surface area contributed by atoms with Crippen molar-refractivity contribution in [3.8, 4) is 0 Å². The molecule has 0 aliphatic heterocycles. The van der Waals surface area contributed by atoms with Crippen molar-refractivity contribution in [2.24, 2.45) is 0 Å². The van der Waals surface area contributed by atoms with E-state index in [9.17, 15) is 0 Å². The number of benzene rings is 1. The minimum Gasteiger partial charge on any atom is -0.0764 e. The van der Waals surface area contributed by atoms with Crippen LogP contribution in [0.2, 0.25) is 0 Å². The molecule has 2 rings (SSSR count). The SMILES string of the molecule is CC.CC.CCc1ccc2c(c1)=CCCC=2. The molecule has 1 aliphatic rings. The lowest BCUT2D eigenvalue weighted by Gasteiger charge is -2.01. The molecule has 0 nitrogen and oxygen atoms in total. The van der Waals surface area contributed by atoms with Gasteiger partial charge in [0.05, 0.1) is 0 Å². The molecule has 0 fully saturated rings. The van der Waals surface area contributed by atoms with E-state index >= 15 is 0 Å². The average Bonchev–Trinajstić information content (AvgIpc) is 2.42. The number of hydrogen-bond donors (Lipinski definition) is 0. The topological polar surface area (TPSA) is 0 Å². The van der Waals surface area contributed by atoms with Crippen LogP contribution in [-0.4, -0.2) is 0 Å². The second kappa shape index (κ2) is 9.21. The van der Waals surface area contributed by atoms with E-state index in [2.05, 4.69) is 37.3 Å². The molecule has 90 valence electrons. The van der Waals surface area contributed by atoms with Gasteiger partial charge in [-0.15, -0.1) is 0 Å². The number of fused-ring (bicyclic) bond motifs is 1. The zero-order valence-electron chi connectivity index (χ0n) is 11.5. The first-order valence-electron chi connectivity index (χ1n) is 6.69. The summed E-state index contributed by atoms with van der Waals surface area (Å²) in [6.07, 6.45) is 8.23. The van der Waals surface area contributed by atoms with E-state index in [1.54, 1.807) is 0 Å². The number of aryl methyl sites for hydroxylation is 1. The van der Waals surface area contributed by atoms with Crippen molar-refractivity contribution >= 4 is 12.2 Å². The van der Waals surface area contributed by atoms with Crippen LogP contribution in [0.3, 0.4) is 0 Å². The fraction of sp³-hybridized carbons (Fsp3) is 0.500. The van der Waals surface area contributed by atoms with Crippen LogP contribution >= 0.6 is 0 Å². The molecule has 0 heterocycles. The molecular weight excluding hydrogens is 192 g/mol. The van der Waals surface area contributed by atoms with Gasteiger partial charge in [-0.2, -0.15) is 0 Å². The van der Waals surface area contributed by atoms with Crippen molar-refractivity contribution in [3.63, 3.8) is 0 Å². The first-order chi connectivity index (χ1) is 7.90. The van der Waals surface area contributed by atoms with E-state index in [0.29, 0.717) is 0 Å². The van der Waals surface area contributed by atoms with Crippen LogP contribution in [0.1, 0.15) is 53.0 Å². The highest BCUT2D eigenvalue weighted by Gasteiger charge is 1.93. The third kappa shape index (κ3) is 4.22. The lowest BCUT2D eigenvalue weighted by Crippen LogP contribution is -2.26. The minimum absolute atomic E-state index is 1.14. The van der Waals surface area contributed by atoms with Crippen LogP contribution in [0.15, 0.2) is 18.2 Å². The molecule has 1 aromatic rings. The van der Waals surface area contributed by atoms with Crippen LogP contribution in [0.5, 0.6) is 0 Å². The lowest BCUT2D eigenvalue weighted by molar-refractivity contribution is 1.09. The van der Waals surface area contributed by atoms with E-state index in [0.717, 1.165) is 6.42 Å². The molecule has 0 N–H and O–H groups in total. The summed E-state index contributed by atoms with van der Waals surface area (Å²) in [5, 5.41) is 2.85. The predicted molar refractivity (Wildman–Crippen MR) is 75.9 cm³/mol. The van der Waals surface area contributed by atoms with Crippen molar-refractivity contribution in [2.75, 3.05) is 0 Å².